The molecule has 152 valence electrons. The summed E-state index contributed by atoms with van der Waals surface area (Å²) in [6.07, 6.45) is 1.79. The van der Waals surface area contributed by atoms with Crippen LogP contribution in [0.2, 0.25) is 0 Å². The Morgan fingerprint density at radius 1 is 1.17 bits per heavy atom. The second-order valence-corrected chi connectivity index (χ2v) is 8.26. The second kappa shape index (κ2) is 7.79. The van der Waals surface area contributed by atoms with Gasteiger partial charge in [-0.2, -0.15) is 0 Å². The van der Waals surface area contributed by atoms with Crippen LogP contribution in [-0.2, 0) is 22.7 Å². The lowest BCUT2D eigenvalue weighted by atomic mass is 10.1. The molecular weight excluding hydrogens is 402 g/mol. The summed E-state index contributed by atoms with van der Waals surface area (Å²) in [5.74, 6) is 1.48. The van der Waals surface area contributed by atoms with Crippen molar-refractivity contribution in [1.29, 1.82) is 0 Å². The van der Waals surface area contributed by atoms with E-state index in [1.54, 1.807) is 28.6 Å². The van der Waals surface area contributed by atoms with E-state index >= 15 is 0 Å². The van der Waals surface area contributed by atoms with Crippen LogP contribution in [0.15, 0.2) is 63.6 Å². The van der Waals surface area contributed by atoms with Crippen molar-refractivity contribution in [2.75, 3.05) is 6.54 Å². The zero-order valence-corrected chi connectivity index (χ0v) is 16.9. The maximum absolute atomic E-state index is 12.5. The molecule has 0 radical (unpaired) electrons. The molecule has 1 aliphatic rings. The van der Waals surface area contributed by atoms with E-state index in [0.717, 1.165) is 15.2 Å². The number of thiazole rings is 1. The van der Waals surface area contributed by atoms with Gasteiger partial charge in [0.15, 0.2) is 10.8 Å². The van der Waals surface area contributed by atoms with Crippen molar-refractivity contribution in [2.45, 2.75) is 19.5 Å². The first-order chi connectivity index (χ1) is 14.7. The first-order valence-electron chi connectivity index (χ1n) is 9.68. The number of carbonyl (C=O) groups excluding carboxylic acids is 2. The number of fused-ring (bicyclic) bond motifs is 1. The van der Waals surface area contributed by atoms with Crippen LogP contribution in [0, 0.1) is 5.92 Å². The van der Waals surface area contributed by atoms with Gasteiger partial charge in [-0.1, -0.05) is 12.1 Å². The Labute approximate surface area is 176 Å². The van der Waals surface area contributed by atoms with Crippen LogP contribution in [0.1, 0.15) is 17.9 Å². The quantitative estimate of drug-likeness (QED) is 0.511. The summed E-state index contributed by atoms with van der Waals surface area (Å²) in [5.41, 5.74) is 0.939. The largest absolute Gasteiger partial charge is 0.467 e. The number of rotatable bonds is 6. The molecule has 4 heterocycles. The van der Waals surface area contributed by atoms with E-state index in [1.165, 1.54) is 0 Å². The summed E-state index contributed by atoms with van der Waals surface area (Å²) in [6, 6.07) is 15.2. The molecular formula is C22H19N3O4S. The molecule has 7 nitrogen and oxygen atoms in total. The number of aromatic nitrogens is 1. The van der Waals surface area contributed by atoms with Crippen LogP contribution in [0.25, 0.3) is 21.0 Å². The minimum absolute atomic E-state index is 0.0392. The van der Waals surface area contributed by atoms with Gasteiger partial charge in [0.2, 0.25) is 11.8 Å². The first kappa shape index (κ1) is 18.6. The fourth-order valence-electron chi connectivity index (χ4n) is 3.58. The molecule has 3 aromatic heterocycles. The van der Waals surface area contributed by atoms with Crippen molar-refractivity contribution < 1.29 is 18.4 Å². The Morgan fingerprint density at radius 3 is 2.90 bits per heavy atom. The van der Waals surface area contributed by atoms with Gasteiger partial charge >= 0.3 is 0 Å². The van der Waals surface area contributed by atoms with Crippen LogP contribution in [0.3, 0.4) is 0 Å². The van der Waals surface area contributed by atoms with Crippen LogP contribution < -0.4 is 5.32 Å². The zero-order chi connectivity index (χ0) is 20.5. The predicted octanol–water partition coefficient (Wildman–Crippen LogP) is 3.81. The standard InChI is InChI=1S/C22H19N3O4S/c26-20-10-14(12-25(20)13-16-4-3-9-28-16)21(27)23-11-15-7-8-18(29-15)22-24-17-5-1-2-6-19(17)30-22/h1-9,14H,10-13H2,(H,23,27). The number of amides is 2. The summed E-state index contributed by atoms with van der Waals surface area (Å²) >= 11 is 1.57. The van der Waals surface area contributed by atoms with Crippen LogP contribution >= 0.6 is 11.3 Å². The topological polar surface area (TPSA) is 88.6 Å². The number of nitrogens with zero attached hydrogens (tertiary/aromatic N) is 2. The summed E-state index contributed by atoms with van der Waals surface area (Å²) in [4.78, 5) is 31.0. The molecule has 1 aromatic carbocycles. The van der Waals surface area contributed by atoms with Gasteiger partial charge in [0.05, 0.1) is 35.5 Å². The van der Waals surface area contributed by atoms with E-state index in [-0.39, 0.29) is 30.7 Å². The first-order valence-corrected chi connectivity index (χ1v) is 10.5. The normalized spacial score (nSPS) is 16.5. The van der Waals surface area contributed by atoms with Crippen molar-refractivity contribution >= 4 is 33.4 Å². The SMILES string of the molecule is O=C(NCc1ccc(-c2nc3ccccc3s2)o1)C1CC(=O)N(Cc2ccco2)C1. The van der Waals surface area contributed by atoms with Gasteiger partial charge in [0.25, 0.3) is 0 Å². The Morgan fingerprint density at radius 2 is 2.07 bits per heavy atom. The van der Waals surface area contributed by atoms with E-state index in [4.69, 9.17) is 8.83 Å². The molecule has 5 rings (SSSR count). The number of carbonyl (C=O) groups is 2. The Kier molecular flexibility index (Phi) is 4.84. The van der Waals surface area contributed by atoms with Gasteiger partial charge in [-0.05, 0) is 36.4 Å². The van der Waals surface area contributed by atoms with Crippen molar-refractivity contribution in [1.82, 2.24) is 15.2 Å². The lowest BCUT2D eigenvalue weighted by Gasteiger charge is -2.14. The highest BCUT2D eigenvalue weighted by atomic mass is 32.1. The fourth-order valence-corrected chi connectivity index (χ4v) is 4.50. The Balaban J connectivity index is 1.18. The smallest absolute Gasteiger partial charge is 0.225 e. The molecule has 1 fully saturated rings. The van der Waals surface area contributed by atoms with Gasteiger partial charge in [0, 0.05) is 13.0 Å². The second-order valence-electron chi connectivity index (χ2n) is 7.23. The number of hydrogen-bond donors (Lipinski definition) is 1. The van der Waals surface area contributed by atoms with Gasteiger partial charge in [-0.3, -0.25) is 9.59 Å². The fraction of sp³-hybridized carbons (Fsp3) is 0.227. The zero-order valence-electron chi connectivity index (χ0n) is 16.0. The summed E-state index contributed by atoms with van der Waals surface area (Å²) in [6.45, 7) is 1.05. The predicted molar refractivity (Wildman–Crippen MR) is 111 cm³/mol. The van der Waals surface area contributed by atoms with Gasteiger partial charge < -0.3 is 19.1 Å². The average molecular weight is 421 g/mol. The minimum Gasteiger partial charge on any atom is -0.467 e. The molecule has 0 spiro atoms. The minimum atomic E-state index is -0.369. The van der Waals surface area contributed by atoms with Crippen LogP contribution in [0.5, 0.6) is 0 Å². The molecule has 1 atom stereocenters. The molecule has 2 amide bonds. The van der Waals surface area contributed by atoms with E-state index in [2.05, 4.69) is 10.3 Å². The van der Waals surface area contributed by atoms with Gasteiger partial charge in [0.1, 0.15) is 11.5 Å². The van der Waals surface area contributed by atoms with Crippen molar-refractivity contribution in [3.8, 4) is 10.8 Å². The highest BCUT2D eigenvalue weighted by Crippen LogP contribution is 2.31. The molecule has 1 aliphatic heterocycles. The van der Waals surface area contributed by atoms with E-state index in [0.29, 0.717) is 30.4 Å². The Hall–Kier alpha value is -3.39. The molecule has 30 heavy (non-hydrogen) atoms. The highest BCUT2D eigenvalue weighted by molar-refractivity contribution is 7.21. The van der Waals surface area contributed by atoms with Crippen molar-refractivity contribution in [3.63, 3.8) is 0 Å². The average Bonchev–Trinajstić information content (AvgIpc) is 3.53. The number of para-hydroxylation sites is 1. The van der Waals surface area contributed by atoms with Gasteiger partial charge in [-0.15, -0.1) is 11.3 Å². The number of nitrogens with one attached hydrogen (secondary N) is 1. The maximum atomic E-state index is 12.5. The van der Waals surface area contributed by atoms with Crippen molar-refractivity contribution in [2.24, 2.45) is 5.92 Å². The molecule has 1 N–H and O–H groups in total. The summed E-state index contributed by atoms with van der Waals surface area (Å²) < 4.78 is 12.3. The molecule has 1 unspecified atom stereocenters. The van der Waals surface area contributed by atoms with Crippen LogP contribution in [-0.4, -0.2) is 28.2 Å². The maximum Gasteiger partial charge on any atom is 0.225 e. The third kappa shape index (κ3) is 3.73. The van der Waals surface area contributed by atoms with E-state index in [1.807, 2.05) is 42.5 Å². The summed E-state index contributed by atoms with van der Waals surface area (Å²) in [7, 11) is 0. The van der Waals surface area contributed by atoms with Crippen LogP contribution in [0.4, 0.5) is 0 Å². The van der Waals surface area contributed by atoms with E-state index in [9.17, 15) is 9.59 Å². The van der Waals surface area contributed by atoms with Crippen molar-refractivity contribution in [3.05, 3.63) is 66.3 Å². The Bertz CT molecular complexity index is 1160. The number of hydrogen-bond acceptors (Lipinski definition) is 6. The third-order valence-electron chi connectivity index (χ3n) is 5.12. The van der Waals surface area contributed by atoms with E-state index < -0.39 is 0 Å². The molecule has 0 saturated carbocycles. The monoisotopic (exact) mass is 421 g/mol. The lowest BCUT2D eigenvalue weighted by Crippen LogP contribution is -2.32. The molecule has 0 bridgehead atoms. The molecule has 0 aliphatic carbocycles. The van der Waals surface area contributed by atoms with Gasteiger partial charge in [-0.25, -0.2) is 4.98 Å². The highest BCUT2D eigenvalue weighted by Gasteiger charge is 2.34. The third-order valence-corrected chi connectivity index (χ3v) is 6.17. The number of benzene rings is 1. The number of furan rings is 2. The molecule has 4 aromatic rings. The summed E-state index contributed by atoms with van der Waals surface area (Å²) in [5, 5.41) is 3.69. The number of likely N-dealkylation sites (tertiary alicyclic amines) is 1. The lowest BCUT2D eigenvalue weighted by molar-refractivity contribution is -0.129. The molecule has 1 saturated heterocycles. The molecule has 8 heteroatoms.